The van der Waals surface area contributed by atoms with E-state index in [4.69, 9.17) is 9.47 Å². The monoisotopic (exact) mass is 999 g/mol. The Bertz CT molecular complexity index is 3800. The molecule has 5 nitrogen and oxygen atoms in total. The molecule has 0 saturated heterocycles. The minimum Gasteiger partial charge on any atom is -0.457 e. The number of unbranched alkanes of at least 4 members (excludes halogenated alkanes) is 2. The van der Waals surface area contributed by atoms with Gasteiger partial charge in [-0.15, -0.1) is 0 Å². The van der Waals surface area contributed by atoms with Crippen molar-refractivity contribution in [2.75, 3.05) is 14.7 Å². The van der Waals surface area contributed by atoms with Crippen LogP contribution in [-0.4, -0.2) is 13.4 Å². The van der Waals surface area contributed by atoms with Gasteiger partial charge in [-0.2, -0.15) is 0 Å². The predicted octanol–water partition coefficient (Wildman–Crippen LogP) is 14.8. The normalized spacial score (nSPS) is 13.3. The molecule has 14 rings (SSSR count). The zero-order valence-corrected chi connectivity index (χ0v) is 43.6. The second-order valence-corrected chi connectivity index (χ2v) is 21.6. The van der Waals surface area contributed by atoms with Crippen molar-refractivity contribution in [3.05, 3.63) is 236 Å². The lowest BCUT2D eigenvalue weighted by Gasteiger charge is -2.45. The van der Waals surface area contributed by atoms with E-state index >= 15 is 0 Å². The van der Waals surface area contributed by atoms with Crippen molar-refractivity contribution in [1.29, 1.82) is 0 Å². The summed E-state index contributed by atoms with van der Waals surface area (Å²) in [6, 6.07) is 82.2. The molecule has 4 heterocycles. The van der Waals surface area contributed by atoms with Crippen molar-refractivity contribution < 1.29 is 9.47 Å². The molecule has 0 atom stereocenters. The SMILES string of the molecule is CCCCc1ccc(Oc2cc3c4c(c2)N(c2ccccc2)c2ccccc2B4c2cc4c(cc2S3)N(c2ccccc2)c2cc(Oc3ccc(CCCC)cc3)cc3c2B4c2ccccc2N3c2ccccc2)cc1. The van der Waals surface area contributed by atoms with Gasteiger partial charge in [0.1, 0.15) is 23.0 Å². The molecule has 0 saturated carbocycles. The fourth-order valence-electron chi connectivity index (χ4n) is 12.3. The predicted molar refractivity (Wildman–Crippen MR) is 321 cm³/mol. The number of hydrogen-bond donors (Lipinski definition) is 0. The summed E-state index contributed by atoms with van der Waals surface area (Å²) in [6.45, 7) is 4.37. The quantitative estimate of drug-likeness (QED) is 0.107. The Morgan fingerprint density at radius 3 is 1.25 bits per heavy atom. The highest BCUT2D eigenvalue weighted by Gasteiger charge is 2.47. The van der Waals surface area contributed by atoms with Gasteiger partial charge in [0.15, 0.2) is 0 Å². The number of para-hydroxylation sites is 5. The third-order valence-corrected chi connectivity index (χ3v) is 16.9. The van der Waals surface area contributed by atoms with Crippen molar-refractivity contribution in [2.45, 2.75) is 62.2 Å². The molecule has 0 radical (unpaired) electrons. The molecule has 10 aromatic carbocycles. The summed E-state index contributed by atoms with van der Waals surface area (Å²) < 4.78 is 13.9. The topological polar surface area (TPSA) is 28.2 Å². The van der Waals surface area contributed by atoms with E-state index in [2.05, 4.69) is 253 Å². The maximum absolute atomic E-state index is 7.00. The lowest BCUT2D eigenvalue weighted by molar-refractivity contribution is 0.481. The second-order valence-electron chi connectivity index (χ2n) is 20.5. The zero-order chi connectivity index (χ0) is 50.7. The van der Waals surface area contributed by atoms with Crippen LogP contribution >= 0.6 is 11.8 Å². The van der Waals surface area contributed by atoms with E-state index in [0.29, 0.717) is 0 Å². The van der Waals surface area contributed by atoms with E-state index in [-0.39, 0.29) is 13.4 Å². The van der Waals surface area contributed by atoms with Gasteiger partial charge in [0.2, 0.25) is 6.71 Å². The Kier molecular flexibility index (Phi) is 11.8. The van der Waals surface area contributed by atoms with Gasteiger partial charge in [-0.3, -0.25) is 0 Å². The average Bonchev–Trinajstić information content (AvgIpc) is 3.66. The summed E-state index contributed by atoms with van der Waals surface area (Å²) in [5.41, 5.74) is 20.5. The summed E-state index contributed by atoms with van der Waals surface area (Å²) in [7, 11) is 0. The van der Waals surface area contributed by atoms with Crippen molar-refractivity contribution in [1.82, 2.24) is 0 Å². The van der Waals surface area contributed by atoms with E-state index in [9.17, 15) is 0 Å². The first-order valence-corrected chi connectivity index (χ1v) is 27.9. The number of rotatable bonds is 13. The third-order valence-electron chi connectivity index (χ3n) is 15.7. The van der Waals surface area contributed by atoms with Crippen LogP contribution < -0.4 is 57.0 Å². The fourth-order valence-corrected chi connectivity index (χ4v) is 13.5. The molecule has 366 valence electrons. The van der Waals surface area contributed by atoms with Crippen LogP contribution in [0.15, 0.2) is 234 Å². The number of anilines is 9. The van der Waals surface area contributed by atoms with Gasteiger partial charge >= 0.3 is 0 Å². The minimum absolute atomic E-state index is 0.0376. The van der Waals surface area contributed by atoms with Crippen molar-refractivity contribution in [3.8, 4) is 23.0 Å². The molecular weight excluding hydrogens is 944 g/mol. The van der Waals surface area contributed by atoms with E-state index in [1.165, 1.54) is 85.1 Å². The number of benzene rings is 10. The van der Waals surface area contributed by atoms with Gasteiger partial charge in [-0.25, -0.2) is 0 Å². The lowest BCUT2D eigenvalue weighted by Crippen LogP contribution is -2.64. The zero-order valence-electron chi connectivity index (χ0n) is 42.8. The van der Waals surface area contributed by atoms with Crippen LogP contribution in [0, 0.1) is 0 Å². The van der Waals surface area contributed by atoms with Crippen molar-refractivity contribution in [3.63, 3.8) is 0 Å². The molecule has 76 heavy (non-hydrogen) atoms. The van der Waals surface area contributed by atoms with Crippen LogP contribution in [-0.2, 0) is 12.8 Å². The Hall–Kier alpha value is -8.32. The Morgan fingerprint density at radius 2 is 0.763 bits per heavy atom. The first-order chi connectivity index (χ1) is 37.6. The first-order valence-electron chi connectivity index (χ1n) is 27.1. The second kappa shape index (κ2) is 19.4. The van der Waals surface area contributed by atoms with Gasteiger partial charge in [0.25, 0.3) is 6.71 Å². The maximum atomic E-state index is 7.00. The molecule has 8 heteroatoms. The molecule has 0 amide bonds. The summed E-state index contributed by atoms with van der Waals surface area (Å²) in [4.78, 5) is 9.83. The molecule has 0 aromatic heterocycles. The molecule has 0 N–H and O–H groups in total. The Balaban J connectivity index is 0.986. The van der Waals surface area contributed by atoms with Crippen LogP contribution in [0.2, 0.25) is 0 Å². The maximum Gasteiger partial charge on any atom is 0.252 e. The number of ether oxygens (including phenoxy) is 2. The van der Waals surface area contributed by atoms with Gasteiger partial charge < -0.3 is 24.2 Å². The van der Waals surface area contributed by atoms with Gasteiger partial charge in [-0.1, -0.05) is 165 Å². The molecule has 10 aromatic rings. The Labute approximate surface area is 451 Å². The summed E-state index contributed by atoms with van der Waals surface area (Å²) in [5.74, 6) is 3.27. The first kappa shape index (κ1) is 46.2. The molecule has 0 spiro atoms. The Morgan fingerprint density at radius 1 is 0.342 bits per heavy atom. The lowest BCUT2D eigenvalue weighted by atomic mass is 9.31. The van der Waals surface area contributed by atoms with E-state index in [0.717, 1.165) is 81.3 Å². The fraction of sp³-hybridized carbons (Fsp3) is 0.118. The summed E-state index contributed by atoms with van der Waals surface area (Å²) in [6.07, 6.45) is 6.82. The standard InChI is InChI=1S/C68H55B2N3O2S/c1-3-5-20-46-32-36-51(37-33-46)74-53-40-62-67-63(41-53)73(50-26-14-9-15-27-50)61-45-65-58(44-57(61)69(67)55-28-16-18-30-59(55)71(62)48-22-10-7-11-23-48)70-56-29-17-19-31-60(56)72(49-24-12-8-13-25-49)64-42-54(43-66(76-65)68(64)70)75-52-38-34-47(35-39-52)21-6-4-2/h7-19,22-45H,3-6,20-21H2,1-2H3. The van der Waals surface area contributed by atoms with Crippen molar-refractivity contribution >= 4 is 109 Å². The number of hydrogen-bond acceptors (Lipinski definition) is 6. The number of aryl methyl sites for hydroxylation is 2. The highest BCUT2D eigenvalue weighted by Crippen LogP contribution is 2.49. The van der Waals surface area contributed by atoms with E-state index < -0.39 is 0 Å². The highest BCUT2D eigenvalue weighted by atomic mass is 32.2. The van der Waals surface area contributed by atoms with Crippen LogP contribution in [0.3, 0.4) is 0 Å². The largest absolute Gasteiger partial charge is 0.457 e. The molecular formula is C68H55B2N3O2S. The van der Waals surface area contributed by atoms with Crippen LogP contribution in [0.1, 0.15) is 50.7 Å². The van der Waals surface area contributed by atoms with Gasteiger partial charge in [0.05, 0.1) is 0 Å². The highest BCUT2D eigenvalue weighted by molar-refractivity contribution is 8.00. The summed E-state index contributed by atoms with van der Waals surface area (Å²) in [5, 5.41) is 0. The van der Waals surface area contributed by atoms with E-state index in [1.807, 2.05) is 11.8 Å². The molecule has 4 aliphatic rings. The smallest absolute Gasteiger partial charge is 0.252 e. The molecule has 4 aliphatic heterocycles. The third kappa shape index (κ3) is 7.97. The van der Waals surface area contributed by atoms with Crippen LogP contribution in [0.5, 0.6) is 23.0 Å². The van der Waals surface area contributed by atoms with Gasteiger partial charge in [0, 0.05) is 79.2 Å². The summed E-state index contributed by atoms with van der Waals surface area (Å²) >= 11 is 1.86. The van der Waals surface area contributed by atoms with Crippen molar-refractivity contribution in [2.24, 2.45) is 0 Å². The van der Waals surface area contributed by atoms with Crippen LogP contribution in [0.4, 0.5) is 51.2 Å². The minimum atomic E-state index is -0.0806. The molecule has 0 unspecified atom stereocenters. The number of nitrogens with zero attached hydrogens (tertiary/aromatic N) is 3. The number of fused-ring (bicyclic) bond motifs is 8. The average molecular weight is 1000 g/mol. The van der Waals surface area contributed by atoms with Gasteiger partial charge in [-0.05, 0) is 149 Å². The van der Waals surface area contributed by atoms with E-state index in [1.54, 1.807) is 0 Å². The molecule has 0 aliphatic carbocycles. The van der Waals surface area contributed by atoms with Crippen LogP contribution in [0.25, 0.3) is 0 Å². The molecule has 0 fully saturated rings. The molecule has 0 bridgehead atoms.